The molecule has 6 heteroatoms. The summed E-state index contributed by atoms with van der Waals surface area (Å²) in [5.74, 6) is 7.51. The molecule has 0 saturated carbocycles. The van der Waals surface area contributed by atoms with Crippen LogP contribution in [-0.2, 0) is 0 Å². The SMILES string of the molecule is CCN1CCC(CNc2cc(NN)ncn2)CC1. The Balaban J connectivity index is 1.77. The van der Waals surface area contributed by atoms with Gasteiger partial charge in [0, 0.05) is 12.6 Å². The van der Waals surface area contributed by atoms with Crippen LogP contribution < -0.4 is 16.6 Å². The van der Waals surface area contributed by atoms with Crippen LogP contribution in [0.1, 0.15) is 19.8 Å². The number of rotatable bonds is 5. The normalized spacial score (nSPS) is 17.7. The van der Waals surface area contributed by atoms with Gasteiger partial charge in [0.1, 0.15) is 18.0 Å². The van der Waals surface area contributed by atoms with Crippen LogP contribution in [-0.4, -0.2) is 41.0 Å². The zero-order valence-corrected chi connectivity index (χ0v) is 10.9. The number of likely N-dealkylation sites (tertiary alicyclic amines) is 1. The zero-order valence-electron chi connectivity index (χ0n) is 10.9. The number of nitrogens with one attached hydrogen (secondary N) is 2. The quantitative estimate of drug-likeness (QED) is 0.532. The van der Waals surface area contributed by atoms with Gasteiger partial charge in [-0.2, -0.15) is 0 Å². The van der Waals surface area contributed by atoms with E-state index in [9.17, 15) is 0 Å². The van der Waals surface area contributed by atoms with E-state index in [-0.39, 0.29) is 0 Å². The first-order valence-corrected chi connectivity index (χ1v) is 6.56. The summed E-state index contributed by atoms with van der Waals surface area (Å²) in [5.41, 5.74) is 2.52. The van der Waals surface area contributed by atoms with Crippen molar-refractivity contribution in [1.29, 1.82) is 0 Å². The lowest BCUT2D eigenvalue weighted by molar-refractivity contribution is 0.198. The summed E-state index contributed by atoms with van der Waals surface area (Å²) in [7, 11) is 0. The van der Waals surface area contributed by atoms with Crippen LogP contribution >= 0.6 is 0 Å². The Labute approximate surface area is 108 Å². The first-order valence-electron chi connectivity index (χ1n) is 6.56. The first kappa shape index (κ1) is 13.0. The van der Waals surface area contributed by atoms with E-state index < -0.39 is 0 Å². The van der Waals surface area contributed by atoms with Gasteiger partial charge in [-0.1, -0.05) is 6.92 Å². The number of aromatic nitrogens is 2. The van der Waals surface area contributed by atoms with E-state index in [2.05, 4.69) is 32.5 Å². The lowest BCUT2D eigenvalue weighted by Gasteiger charge is -2.31. The van der Waals surface area contributed by atoms with E-state index in [0.717, 1.165) is 24.8 Å². The molecule has 0 atom stereocenters. The molecule has 2 heterocycles. The zero-order chi connectivity index (χ0) is 12.8. The third-order valence-electron chi connectivity index (χ3n) is 3.54. The van der Waals surface area contributed by atoms with Gasteiger partial charge in [0.15, 0.2) is 0 Å². The largest absolute Gasteiger partial charge is 0.370 e. The number of hydrogen-bond acceptors (Lipinski definition) is 6. The lowest BCUT2D eigenvalue weighted by atomic mass is 9.97. The molecular formula is C12H22N6. The van der Waals surface area contributed by atoms with Gasteiger partial charge in [-0.15, -0.1) is 0 Å². The van der Waals surface area contributed by atoms with Crippen LogP contribution in [0.3, 0.4) is 0 Å². The minimum absolute atomic E-state index is 0.633. The number of anilines is 2. The fraction of sp³-hybridized carbons (Fsp3) is 0.667. The number of piperidine rings is 1. The Morgan fingerprint density at radius 3 is 2.72 bits per heavy atom. The molecule has 1 aromatic heterocycles. The summed E-state index contributed by atoms with van der Waals surface area (Å²) in [6, 6.07) is 1.82. The monoisotopic (exact) mass is 250 g/mol. The molecule has 0 bridgehead atoms. The molecule has 1 fully saturated rings. The standard InChI is InChI=1S/C12H22N6/c1-2-18-5-3-10(4-6-18)8-14-11-7-12(17-13)16-9-15-11/h7,9-10H,2-6,8,13H2,1H3,(H2,14,15,16,17). The lowest BCUT2D eigenvalue weighted by Crippen LogP contribution is -2.35. The molecule has 1 aliphatic heterocycles. The molecule has 4 N–H and O–H groups in total. The van der Waals surface area contributed by atoms with E-state index in [4.69, 9.17) is 5.84 Å². The van der Waals surface area contributed by atoms with Crippen molar-refractivity contribution in [3.8, 4) is 0 Å². The van der Waals surface area contributed by atoms with E-state index >= 15 is 0 Å². The summed E-state index contributed by atoms with van der Waals surface area (Å²) in [4.78, 5) is 10.7. The highest BCUT2D eigenvalue weighted by molar-refractivity contribution is 5.45. The van der Waals surface area contributed by atoms with E-state index in [1.165, 1.54) is 32.3 Å². The van der Waals surface area contributed by atoms with Crippen LogP contribution in [0, 0.1) is 5.92 Å². The van der Waals surface area contributed by atoms with Crippen LogP contribution in [0.5, 0.6) is 0 Å². The van der Waals surface area contributed by atoms with Gasteiger partial charge in [0.25, 0.3) is 0 Å². The molecule has 2 rings (SSSR count). The van der Waals surface area contributed by atoms with E-state index in [1.807, 2.05) is 6.07 Å². The Bertz CT molecular complexity index is 361. The molecule has 1 saturated heterocycles. The van der Waals surface area contributed by atoms with Crippen molar-refractivity contribution in [1.82, 2.24) is 14.9 Å². The minimum Gasteiger partial charge on any atom is -0.370 e. The minimum atomic E-state index is 0.633. The van der Waals surface area contributed by atoms with Gasteiger partial charge < -0.3 is 15.6 Å². The first-order chi connectivity index (χ1) is 8.81. The topological polar surface area (TPSA) is 79.1 Å². The molecule has 6 nitrogen and oxygen atoms in total. The van der Waals surface area contributed by atoms with Gasteiger partial charge in [-0.3, -0.25) is 0 Å². The Kier molecular flexibility index (Phi) is 4.72. The Morgan fingerprint density at radius 2 is 2.06 bits per heavy atom. The average Bonchev–Trinajstić information content (AvgIpc) is 2.46. The van der Waals surface area contributed by atoms with Gasteiger partial charge in [0.05, 0.1) is 0 Å². The van der Waals surface area contributed by atoms with Crippen LogP contribution in [0.4, 0.5) is 11.6 Å². The maximum Gasteiger partial charge on any atom is 0.145 e. The maximum atomic E-state index is 5.31. The van der Waals surface area contributed by atoms with Gasteiger partial charge >= 0.3 is 0 Å². The van der Waals surface area contributed by atoms with Crippen molar-refractivity contribution in [3.05, 3.63) is 12.4 Å². The summed E-state index contributed by atoms with van der Waals surface area (Å²) in [5, 5.41) is 3.36. The summed E-state index contributed by atoms with van der Waals surface area (Å²) >= 11 is 0. The van der Waals surface area contributed by atoms with Crippen molar-refractivity contribution in [2.45, 2.75) is 19.8 Å². The second-order valence-electron chi connectivity index (χ2n) is 4.69. The van der Waals surface area contributed by atoms with Crippen molar-refractivity contribution in [2.75, 3.05) is 36.9 Å². The summed E-state index contributed by atoms with van der Waals surface area (Å²) < 4.78 is 0. The maximum absolute atomic E-state index is 5.31. The van der Waals surface area contributed by atoms with E-state index in [1.54, 1.807) is 0 Å². The highest BCUT2D eigenvalue weighted by atomic mass is 15.3. The smallest absolute Gasteiger partial charge is 0.145 e. The number of nitrogens with zero attached hydrogens (tertiary/aromatic N) is 3. The number of nitrogens with two attached hydrogens (primary N) is 1. The van der Waals surface area contributed by atoms with Gasteiger partial charge in [-0.05, 0) is 38.4 Å². The average molecular weight is 250 g/mol. The molecule has 1 aliphatic rings. The highest BCUT2D eigenvalue weighted by Gasteiger charge is 2.17. The number of hydrogen-bond donors (Lipinski definition) is 3. The van der Waals surface area contributed by atoms with Crippen molar-refractivity contribution in [2.24, 2.45) is 11.8 Å². The Morgan fingerprint density at radius 1 is 1.33 bits per heavy atom. The van der Waals surface area contributed by atoms with Crippen LogP contribution in [0.25, 0.3) is 0 Å². The predicted octanol–water partition coefficient (Wildman–Crippen LogP) is 0.906. The number of hydrazine groups is 1. The third kappa shape index (κ3) is 3.54. The Hall–Kier alpha value is -1.40. The van der Waals surface area contributed by atoms with Crippen molar-refractivity contribution >= 4 is 11.6 Å². The summed E-state index contributed by atoms with van der Waals surface area (Å²) in [6.45, 7) is 6.78. The molecule has 0 unspecified atom stereocenters. The highest BCUT2D eigenvalue weighted by Crippen LogP contribution is 2.17. The van der Waals surface area contributed by atoms with Crippen molar-refractivity contribution in [3.63, 3.8) is 0 Å². The fourth-order valence-electron chi connectivity index (χ4n) is 2.29. The van der Waals surface area contributed by atoms with Crippen LogP contribution in [0.15, 0.2) is 12.4 Å². The molecule has 0 aromatic carbocycles. The van der Waals surface area contributed by atoms with Gasteiger partial charge in [0.2, 0.25) is 0 Å². The molecule has 0 amide bonds. The fourth-order valence-corrected chi connectivity index (χ4v) is 2.29. The molecule has 0 aliphatic carbocycles. The molecule has 1 aromatic rings. The van der Waals surface area contributed by atoms with Crippen molar-refractivity contribution < 1.29 is 0 Å². The molecule has 0 radical (unpaired) electrons. The van der Waals surface area contributed by atoms with Gasteiger partial charge in [-0.25, -0.2) is 15.8 Å². The summed E-state index contributed by atoms with van der Waals surface area (Å²) in [6.07, 6.45) is 4.03. The molecule has 18 heavy (non-hydrogen) atoms. The third-order valence-corrected chi connectivity index (χ3v) is 3.54. The number of nitrogen functional groups attached to an aromatic ring is 1. The van der Waals surface area contributed by atoms with E-state index in [0.29, 0.717) is 5.82 Å². The molecule has 0 spiro atoms. The second kappa shape index (κ2) is 6.51. The predicted molar refractivity (Wildman–Crippen MR) is 73.2 cm³/mol. The molecular weight excluding hydrogens is 228 g/mol. The van der Waals surface area contributed by atoms with Crippen LogP contribution in [0.2, 0.25) is 0 Å². The second-order valence-corrected chi connectivity index (χ2v) is 4.69. The molecule has 100 valence electrons.